The van der Waals surface area contributed by atoms with Gasteiger partial charge in [0.15, 0.2) is 0 Å². The third-order valence-corrected chi connectivity index (χ3v) is 13.1. The lowest BCUT2D eigenvalue weighted by atomic mass is 9.82. The van der Waals surface area contributed by atoms with Gasteiger partial charge in [-0.3, -0.25) is 0 Å². The van der Waals surface area contributed by atoms with Gasteiger partial charge < -0.3 is 0 Å². The fourth-order valence-electron chi connectivity index (χ4n) is 9.28. The van der Waals surface area contributed by atoms with Gasteiger partial charge in [0.05, 0.1) is 0 Å². The summed E-state index contributed by atoms with van der Waals surface area (Å²) in [5, 5.41) is 0. The molecule has 6 rings (SSSR count). The summed E-state index contributed by atoms with van der Waals surface area (Å²) in [4.78, 5) is 0. The molecule has 164 valence electrons. The van der Waals surface area contributed by atoms with Crippen molar-refractivity contribution in [2.75, 3.05) is 0 Å². The Morgan fingerprint density at radius 3 is 2.10 bits per heavy atom. The van der Waals surface area contributed by atoms with Crippen LogP contribution in [0, 0.1) is 88.3 Å². The Morgan fingerprint density at radius 1 is 0.828 bits per heavy atom. The van der Waals surface area contributed by atoms with Gasteiger partial charge in [0.2, 0.25) is 0 Å². The summed E-state index contributed by atoms with van der Waals surface area (Å²) in [5.41, 5.74) is 0.722. The van der Waals surface area contributed by atoms with Crippen LogP contribution in [0.25, 0.3) is 0 Å². The zero-order valence-corrected chi connectivity index (χ0v) is 21.9. The Kier molecular flexibility index (Phi) is 4.65. The van der Waals surface area contributed by atoms with Crippen LogP contribution in [-0.4, -0.2) is 3.92 Å². The van der Waals surface area contributed by atoms with Crippen molar-refractivity contribution < 1.29 is 0 Å². The van der Waals surface area contributed by atoms with Crippen molar-refractivity contribution in [1.29, 1.82) is 0 Å². The number of alkyl halides is 1. The summed E-state index contributed by atoms with van der Waals surface area (Å²) in [5.74, 6) is 15.4. The maximum absolute atomic E-state index is 2.69. The van der Waals surface area contributed by atoms with Crippen molar-refractivity contribution in [2.24, 2.45) is 88.3 Å². The first-order valence-corrected chi connectivity index (χ1v) is 14.7. The lowest BCUT2D eigenvalue weighted by Crippen LogP contribution is -2.17. The summed E-state index contributed by atoms with van der Waals surface area (Å²) < 4.78 is 0.917. The summed E-state index contributed by atoms with van der Waals surface area (Å²) in [6.07, 6.45) is 9.32. The van der Waals surface area contributed by atoms with Crippen molar-refractivity contribution in [1.82, 2.24) is 0 Å². The smallest absolute Gasteiger partial charge is 0.0112 e. The SMILES string of the molecule is CCC(C)C1CC1C(C)C1(C)CC1C1CC1C1C(C)C1C1CC1C1CC1C(C)I. The van der Waals surface area contributed by atoms with E-state index in [1.165, 1.54) is 6.42 Å². The second-order valence-corrected chi connectivity index (χ2v) is 15.4. The lowest BCUT2D eigenvalue weighted by Gasteiger charge is -2.22. The largest absolute Gasteiger partial charge is 0.0826 e. The second kappa shape index (κ2) is 6.63. The molecule has 0 amide bonds. The Bertz CT molecular complexity index is 669. The van der Waals surface area contributed by atoms with Crippen molar-refractivity contribution in [3.8, 4) is 0 Å². The molecule has 0 heterocycles. The van der Waals surface area contributed by atoms with Gasteiger partial charge in [-0.25, -0.2) is 0 Å². The number of halogens is 1. The topological polar surface area (TPSA) is 0 Å². The van der Waals surface area contributed by atoms with E-state index in [1.807, 2.05) is 0 Å². The van der Waals surface area contributed by atoms with E-state index in [0.717, 1.165) is 92.2 Å². The van der Waals surface area contributed by atoms with Gasteiger partial charge >= 0.3 is 0 Å². The molecule has 0 aromatic rings. The summed E-state index contributed by atoms with van der Waals surface area (Å²) in [7, 11) is 0. The zero-order chi connectivity index (χ0) is 20.4. The van der Waals surface area contributed by atoms with E-state index >= 15 is 0 Å². The van der Waals surface area contributed by atoms with Crippen LogP contribution < -0.4 is 0 Å². The molecule has 0 aromatic heterocycles. The highest BCUT2D eigenvalue weighted by molar-refractivity contribution is 14.1. The fraction of sp³-hybridized carbons (Fsp3) is 1.00. The van der Waals surface area contributed by atoms with Gasteiger partial charge in [0.25, 0.3) is 0 Å². The maximum Gasteiger partial charge on any atom is 0.0112 e. The number of hydrogen-bond acceptors (Lipinski definition) is 0. The van der Waals surface area contributed by atoms with Gasteiger partial charge in [-0.05, 0) is 120 Å². The molecule has 16 unspecified atom stereocenters. The molecule has 16 atom stereocenters. The van der Waals surface area contributed by atoms with E-state index < -0.39 is 0 Å². The van der Waals surface area contributed by atoms with Crippen molar-refractivity contribution in [3.63, 3.8) is 0 Å². The van der Waals surface area contributed by atoms with Crippen LogP contribution in [0.4, 0.5) is 0 Å². The molecule has 0 aliphatic heterocycles. The van der Waals surface area contributed by atoms with Crippen LogP contribution in [0.5, 0.6) is 0 Å². The van der Waals surface area contributed by atoms with E-state index in [4.69, 9.17) is 0 Å². The van der Waals surface area contributed by atoms with E-state index in [0.29, 0.717) is 0 Å². The summed E-state index contributed by atoms with van der Waals surface area (Å²) in [6.45, 7) is 15.3. The molecule has 0 aromatic carbocycles. The van der Waals surface area contributed by atoms with Crippen molar-refractivity contribution in [3.05, 3.63) is 0 Å². The quantitative estimate of drug-likeness (QED) is 0.219. The van der Waals surface area contributed by atoms with Crippen LogP contribution in [0.15, 0.2) is 0 Å². The molecular formula is C28H45I. The van der Waals surface area contributed by atoms with Gasteiger partial charge in [-0.15, -0.1) is 0 Å². The van der Waals surface area contributed by atoms with Gasteiger partial charge in [0.1, 0.15) is 0 Å². The van der Waals surface area contributed by atoms with E-state index in [1.54, 1.807) is 32.1 Å². The van der Waals surface area contributed by atoms with Crippen molar-refractivity contribution in [2.45, 2.75) is 84.0 Å². The summed E-state index contributed by atoms with van der Waals surface area (Å²) >= 11 is 2.68. The Morgan fingerprint density at radius 2 is 1.48 bits per heavy atom. The Balaban J connectivity index is 1.00. The summed E-state index contributed by atoms with van der Waals surface area (Å²) in [6, 6.07) is 0. The fourth-order valence-corrected chi connectivity index (χ4v) is 10.1. The Hall–Kier alpha value is 0.730. The first kappa shape index (κ1) is 20.3. The molecule has 6 fully saturated rings. The minimum atomic E-state index is 0.722. The molecular weight excluding hydrogens is 463 g/mol. The number of hydrogen-bond donors (Lipinski definition) is 0. The van der Waals surface area contributed by atoms with E-state index in [9.17, 15) is 0 Å². The first-order chi connectivity index (χ1) is 13.8. The van der Waals surface area contributed by atoms with Gasteiger partial charge in [-0.1, -0.05) is 70.6 Å². The van der Waals surface area contributed by atoms with Gasteiger partial charge in [0, 0.05) is 3.92 Å². The minimum absolute atomic E-state index is 0.722. The normalized spacial score (nSPS) is 62.2. The van der Waals surface area contributed by atoms with Crippen LogP contribution in [-0.2, 0) is 0 Å². The molecule has 6 aliphatic rings. The third kappa shape index (κ3) is 3.23. The highest BCUT2D eigenvalue weighted by Gasteiger charge is 2.72. The predicted octanol–water partition coefficient (Wildman–Crippen LogP) is 7.94. The Labute approximate surface area is 194 Å². The maximum atomic E-state index is 2.69. The van der Waals surface area contributed by atoms with E-state index in [2.05, 4.69) is 64.1 Å². The molecule has 0 nitrogen and oxygen atoms in total. The monoisotopic (exact) mass is 508 g/mol. The molecule has 1 heteroatoms. The molecule has 0 spiro atoms. The molecule has 29 heavy (non-hydrogen) atoms. The number of rotatable bonds is 9. The highest BCUT2D eigenvalue weighted by Crippen LogP contribution is 2.78. The molecule has 0 N–H and O–H groups in total. The van der Waals surface area contributed by atoms with Crippen LogP contribution in [0.3, 0.4) is 0 Å². The first-order valence-electron chi connectivity index (χ1n) is 13.4. The lowest BCUT2D eigenvalue weighted by molar-refractivity contribution is 0.257. The third-order valence-electron chi connectivity index (χ3n) is 12.1. The molecule has 0 saturated heterocycles. The van der Waals surface area contributed by atoms with E-state index in [-0.39, 0.29) is 0 Å². The minimum Gasteiger partial charge on any atom is -0.0826 e. The van der Waals surface area contributed by atoms with Crippen LogP contribution >= 0.6 is 22.6 Å². The molecule has 6 aliphatic carbocycles. The predicted molar refractivity (Wildman–Crippen MR) is 131 cm³/mol. The molecule has 6 saturated carbocycles. The highest BCUT2D eigenvalue weighted by atomic mass is 127. The van der Waals surface area contributed by atoms with Crippen LogP contribution in [0.1, 0.15) is 80.1 Å². The second-order valence-electron chi connectivity index (χ2n) is 13.4. The average Bonchev–Trinajstić information content (AvgIpc) is 3.49. The zero-order valence-electron chi connectivity index (χ0n) is 19.8. The average molecular weight is 509 g/mol. The van der Waals surface area contributed by atoms with Gasteiger partial charge in [-0.2, -0.15) is 0 Å². The van der Waals surface area contributed by atoms with Crippen LogP contribution in [0.2, 0.25) is 0 Å². The van der Waals surface area contributed by atoms with Crippen molar-refractivity contribution >= 4 is 22.6 Å². The molecule has 0 bridgehead atoms. The molecule has 0 radical (unpaired) electrons. The standard InChI is InChI=1S/C28H45I/c1-7-13(2)17-8-18(17)15(4)28(6)12-25(28)22-11-24(22)27-14(3)26(27)23-10-21(23)20-9-19(20)16(5)29/h13-27H,7-12H2,1-6H3.